The van der Waals surface area contributed by atoms with Crippen molar-refractivity contribution in [1.29, 1.82) is 0 Å². The molecule has 2 aromatic carbocycles. The van der Waals surface area contributed by atoms with E-state index < -0.39 is 11.5 Å². The standard InChI is InChI=1S/C21H15N3O4/c25-20-16(21(26)27)15(11-4-3-5-12(10-11)19-22-8-9-23-19)18-17(24-20)13-6-1-2-7-14(13)28-18/h1-7,10H,8-9H2,(H,22,23)(H,24,25)(H,26,27). The van der Waals surface area contributed by atoms with Gasteiger partial charge < -0.3 is 19.8 Å². The van der Waals surface area contributed by atoms with Gasteiger partial charge in [-0.05, 0) is 23.8 Å². The molecule has 4 aromatic rings. The zero-order valence-corrected chi connectivity index (χ0v) is 14.7. The van der Waals surface area contributed by atoms with Crippen LogP contribution in [0.1, 0.15) is 15.9 Å². The van der Waals surface area contributed by atoms with E-state index in [1.165, 1.54) is 0 Å². The second-order valence-corrected chi connectivity index (χ2v) is 6.55. The molecule has 1 aliphatic heterocycles. The van der Waals surface area contributed by atoms with Crippen LogP contribution in [0.5, 0.6) is 0 Å². The first kappa shape index (κ1) is 16.3. The van der Waals surface area contributed by atoms with E-state index in [1.807, 2.05) is 36.4 Å². The number of furan rings is 1. The average molecular weight is 373 g/mol. The second-order valence-electron chi connectivity index (χ2n) is 6.55. The molecule has 0 spiro atoms. The number of aromatic carboxylic acids is 1. The minimum Gasteiger partial charge on any atom is -0.477 e. The molecular formula is C21H15N3O4. The summed E-state index contributed by atoms with van der Waals surface area (Å²) in [5.41, 5.74) is 2.09. The summed E-state index contributed by atoms with van der Waals surface area (Å²) in [6.07, 6.45) is 0. The number of fused-ring (bicyclic) bond motifs is 3. The summed E-state index contributed by atoms with van der Waals surface area (Å²) < 4.78 is 5.97. The van der Waals surface area contributed by atoms with Crippen LogP contribution in [-0.4, -0.2) is 35.0 Å². The Balaban J connectivity index is 1.87. The van der Waals surface area contributed by atoms with Crippen molar-refractivity contribution in [1.82, 2.24) is 10.3 Å². The molecule has 0 saturated carbocycles. The van der Waals surface area contributed by atoms with E-state index >= 15 is 0 Å². The number of aliphatic imine (C=N–C) groups is 1. The minimum atomic E-state index is -1.31. The van der Waals surface area contributed by atoms with Crippen LogP contribution in [0.3, 0.4) is 0 Å². The van der Waals surface area contributed by atoms with Gasteiger partial charge in [0, 0.05) is 23.1 Å². The van der Waals surface area contributed by atoms with Gasteiger partial charge in [0.15, 0.2) is 5.58 Å². The Morgan fingerprint density at radius 1 is 1.11 bits per heavy atom. The number of para-hydroxylation sites is 1. The number of amidine groups is 1. The summed E-state index contributed by atoms with van der Waals surface area (Å²) >= 11 is 0. The fraction of sp³-hybridized carbons (Fsp3) is 0.0952. The average Bonchev–Trinajstić information content (AvgIpc) is 3.35. The zero-order chi connectivity index (χ0) is 19.3. The lowest BCUT2D eigenvalue weighted by Crippen LogP contribution is -2.20. The molecular weight excluding hydrogens is 358 g/mol. The van der Waals surface area contributed by atoms with Gasteiger partial charge in [0.1, 0.15) is 17.0 Å². The van der Waals surface area contributed by atoms with Crippen LogP contribution in [-0.2, 0) is 0 Å². The number of carboxylic acids is 1. The number of aromatic nitrogens is 1. The molecule has 0 bridgehead atoms. The van der Waals surface area contributed by atoms with Crippen molar-refractivity contribution in [2.45, 2.75) is 0 Å². The number of benzene rings is 2. The van der Waals surface area contributed by atoms with Crippen molar-refractivity contribution in [3.8, 4) is 11.1 Å². The van der Waals surface area contributed by atoms with Crippen molar-refractivity contribution >= 4 is 33.9 Å². The number of nitrogens with one attached hydrogen (secondary N) is 2. The Bertz CT molecular complexity index is 1350. The zero-order valence-electron chi connectivity index (χ0n) is 14.7. The highest BCUT2D eigenvalue weighted by molar-refractivity contribution is 6.12. The van der Waals surface area contributed by atoms with E-state index in [0.29, 0.717) is 28.8 Å². The number of hydrogen-bond donors (Lipinski definition) is 3. The number of aromatic amines is 1. The first-order chi connectivity index (χ1) is 13.6. The molecule has 0 unspecified atom stereocenters. The lowest BCUT2D eigenvalue weighted by molar-refractivity contribution is 0.0696. The number of hydrogen-bond acceptors (Lipinski definition) is 5. The highest BCUT2D eigenvalue weighted by Crippen LogP contribution is 2.35. The molecule has 5 rings (SSSR count). The monoisotopic (exact) mass is 373 g/mol. The molecule has 0 amide bonds. The van der Waals surface area contributed by atoms with E-state index in [1.54, 1.807) is 12.1 Å². The third kappa shape index (κ3) is 2.40. The first-order valence-electron chi connectivity index (χ1n) is 8.83. The lowest BCUT2D eigenvalue weighted by atomic mass is 9.97. The van der Waals surface area contributed by atoms with E-state index in [9.17, 15) is 14.7 Å². The summed E-state index contributed by atoms with van der Waals surface area (Å²) in [5, 5.41) is 13.7. The highest BCUT2D eigenvalue weighted by Gasteiger charge is 2.24. The number of carbonyl (C=O) groups is 1. The molecule has 0 radical (unpaired) electrons. The van der Waals surface area contributed by atoms with Crippen LogP contribution in [0.4, 0.5) is 0 Å². The van der Waals surface area contributed by atoms with Crippen LogP contribution in [0.15, 0.2) is 62.7 Å². The van der Waals surface area contributed by atoms with Crippen LogP contribution in [0, 0.1) is 0 Å². The maximum Gasteiger partial charge on any atom is 0.342 e. The van der Waals surface area contributed by atoms with Crippen molar-refractivity contribution in [2.75, 3.05) is 13.1 Å². The summed E-state index contributed by atoms with van der Waals surface area (Å²) in [6.45, 7) is 1.46. The van der Waals surface area contributed by atoms with Gasteiger partial charge in [-0.25, -0.2) is 4.79 Å². The number of pyridine rings is 1. The van der Waals surface area contributed by atoms with E-state index in [-0.39, 0.29) is 11.1 Å². The quantitative estimate of drug-likeness (QED) is 0.512. The van der Waals surface area contributed by atoms with Crippen LogP contribution < -0.4 is 10.9 Å². The maximum atomic E-state index is 12.6. The summed E-state index contributed by atoms with van der Waals surface area (Å²) in [5.74, 6) is -0.551. The predicted molar refractivity (Wildman–Crippen MR) is 106 cm³/mol. The van der Waals surface area contributed by atoms with Crippen LogP contribution in [0.2, 0.25) is 0 Å². The van der Waals surface area contributed by atoms with Crippen molar-refractivity contribution in [2.24, 2.45) is 4.99 Å². The van der Waals surface area contributed by atoms with Gasteiger partial charge in [-0.2, -0.15) is 0 Å². The molecule has 1 aliphatic rings. The van der Waals surface area contributed by atoms with E-state index in [0.717, 1.165) is 23.3 Å². The van der Waals surface area contributed by atoms with Crippen molar-refractivity contribution in [3.63, 3.8) is 0 Å². The normalized spacial score (nSPS) is 13.6. The number of H-pyrrole nitrogens is 1. The third-order valence-corrected chi connectivity index (χ3v) is 4.85. The molecule has 3 heterocycles. The molecule has 0 atom stereocenters. The number of rotatable bonds is 3. The Labute approximate surface area is 158 Å². The Hall–Kier alpha value is -3.87. The van der Waals surface area contributed by atoms with Gasteiger partial charge in [0.2, 0.25) is 0 Å². The molecule has 0 fully saturated rings. The Morgan fingerprint density at radius 2 is 1.93 bits per heavy atom. The smallest absolute Gasteiger partial charge is 0.342 e. The first-order valence-corrected chi connectivity index (χ1v) is 8.83. The number of carboxylic acid groups (broad SMARTS) is 1. The molecule has 7 nitrogen and oxygen atoms in total. The number of nitrogens with zero attached hydrogens (tertiary/aromatic N) is 1. The SMILES string of the molecule is O=C(O)c1c(-c2cccc(C3=NCCN3)c2)c2oc3ccccc3c2[nH]c1=O. The lowest BCUT2D eigenvalue weighted by Gasteiger charge is -2.09. The fourth-order valence-electron chi connectivity index (χ4n) is 3.64. The molecule has 3 N–H and O–H groups in total. The third-order valence-electron chi connectivity index (χ3n) is 4.85. The minimum absolute atomic E-state index is 0.267. The fourth-order valence-corrected chi connectivity index (χ4v) is 3.64. The van der Waals surface area contributed by atoms with Gasteiger partial charge >= 0.3 is 5.97 Å². The summed E-state index contributed by atoms with van der Waals surface area (Å²) in [4.78, 5) is 31.6. The molecule has 0 saturated heterocycles. The summed E-state index contributed by atoms with van der Waals surface area (Å²) in [6, 6.07) is 14.6. The topological polar surface area (TPSA) is 108 Å². The van der Waals surface area contributed by atoms with Crippen LogP contribution >= 0.6 is 0 Å². The molecule has 2 aromatic heterocycles. The van der Waals surface area contributed by atoms with Gasteiger partial charge in [-0.3, -0.25) is 9.79 Å². The predicted octanol–water partition coefficient (Wildman–Crippen LogP) is 2.99. The molecule has 0 aliphatic carbocycles. The van der Waals surface area contributed by atoms with Crippen molar-refractivity contribution in [3.05, 3.63) is 70.0 Å². The van der Waals surface area contributed by atoms with Crippen molar-refractivity contribution < 1.29 is 14.3 Å². The molecule has 7 heteroatoms. The summed E-state index contributed by atoms with van der Waals surface area (Å²) in [7, 11) is 0. The largest absolute Gasteiger partial charge is 0.477 e. The Kier molecular flexibility index (Phi) is 3.55. The van der Waals surface area contributed by atoms with Gasteiger partial charge in [0.25, 0.3) is 5.56 Å². The Morgan fingerprint density at radius 3 is 2.71 bits per heavy atom. The second kappa shape index (κ2) is 6.09. The van der Waals surface area contributed by atoms with Gasteiger partial charge in [-0.1, -0.05) is 30.3 Å². The maximum absolute atomic E-state index is 12.6. The molecule has 28 heavy (non-hydrogen) atoms. The van der Waals surface area contributed by atoms with Gasteiger partial charge in [-0.15, -0.1) is 0 Å². The highest BCUT2D eigenvalue weighted by atomic mass is 16.4. The van der Waals surface area contributed by atoms with Crippen LogP contribution in [0.25, 0.3) is 33.2 Å². The van der Waals surface area contributed by atoms with E-state index in [2.05, 4.69) is 15.3 Å². The van der Waals surface area contributed by atoms with Gasteiger partial charge in [0.05, 0.1) is 12.1 Å². The molecule has 138 valence electrons. The van der Waals surface area contributed by atoms with E-state index in [4.69, 9.17) is 4.42 Å².